The molecule has 1 aliphatic carbocycles. The second-order valence-electron chi connectivity index (χ2n) is 7.39. The van der Waals surface area contributed by atoms with Crippen molar-refractivity contribution in [3.63, 3.8) is 0 Å². The van der Waals surface area contributed by atoms with Gasteiger partial charge in [0.25, 0.3) is 5.56 Å². The number of aromatic amines is 1. The summed E-state index contributed by atoms with van der Waals surface area (Å²) in [6, 6.07) is 5.93. The molecule has 1 saturated carbocycles. The first-order chi connectivity index (χ1) is 12.4. The Kier molecular flexibility index (Phi) is 5.20. The number of nitrogens with zero attached hydrogens (tertiary/aromatic N) is 3. The fourth-order valence-corrected chi connectivity index (χ4v) is 3.12. The van der Waals surface area contributed by atoms with E-state index >= 15 is 0 Å². The summed E-state index contributed by atoms with van der Waals surface area (Å²) < 4.78 is 0. The highest BCUT2D eigenvalue weighted by molar-refractivity contribution is 5.80. The Bertz CT molecular complexity index is 841. The quantitative estimate of drug-likeness (QED) is 0.865. The minimum atomic E-state index is -0.264. The van der Waals surface area contributed by atoms with Gasteiger partial charge in [0.05, 0.1) is 6.42 Å². The summed E-state index contributed by atoms with van der Waals surface area (Å²) in [5.41, 5.74) is 1.37. The van der Waals surface area contributed by atoms with Crippen molar-refractivity contribution < 1.29 is 4.79 Å². The number of H-pyrrole nitrogens is 1. The third-order valence-electron chi connectivity index (χ3n) is 5.09. The molecule has 0 aliphatic heterocycles. The Balaban J connectivity index is 1.85. The van der Waals surface area contributed by atoms with Crippen LogP contribution < -0.4 is 5.56 Å². The lowest BCUT2D eigenvalue weighted by Crippen LogP contribution is -2.44. The molecule has 0 radical (unpaired) electrons. The van der Waals surface area contributed by atoms with Gasteiger partial charge in [0.1, 0.15) is 5.69 Å². The van der Waals surface area contributed by atoms with Crippen LogP contribution >= 0.6 is 0 Å². The van der Waals surface area contributed by atoms with Gasteiger partial charge in [-0.15, -0.1) is 0 Å². The Morgan fingerprint density at radius 3 is 2.58 bits per heavy atom. The lowest BCUT2D eigenvalue weighted by Gasteiger charge is -2.32. The molecule has 138 valence electrons. The van der Waals surface area contributed by atoms with Gasteiger partial charge in [0.15, 0.2) is 5.82 Å². The normalized spacial score (nSPS) is 15.1. The van der Waals surface area contributed by atoms with E-state index in [4.69, 9.17) is 0 Å². The van der Waals surface area contributed by atoms with Gasteiger partial charge in [-0.05, 0) is 44.7 Å². The van der Waals surface area contributed by atoms with Gasteiger partial charge in [0, 0.05) is 29.5 Å². The largest absolute Gasteiger partial charge is 0.336 e. The number of hydrogen-bond acceptors (Lipinski definition) is 4. The summed E-state index contributed by atoms with van der Waals surface area (Å²) in [6.07, 6.45) is 3.84. The van der Waals surface area contributed by atoms with Gasteiger partial charge in [0.2, 0.25) is 5.91 Å². The van der Waals surface area contributed by atoms with Crippen LogP contribution in [0.4, 0.5) is 0 Å². The number of hydrogen-bond donors (Lipinski definition) is 1. The molecule has 1 amide bonds. The van der Waals surface area contributed by atoms with E-state index in [1.165, 1.54) is 0 Å². The zero-order valence-corrected chi connectivity index (χ0v) is 15.8. The fourth-order valence-electron chi connectivity index (χ4n) is 3.12. The summed E-state index contributed by atoms with van der Waals surface area (Å²) in [4.78, 5) is 38.9. The Hall–Kier alpha value is -2.50. The second kappa shape index (κ2) is 7.40. The van der Waals surface area contributed by atoms with Crippen LogP contribution in [0.25, 0.3) is 11.5 Å². The van der Waals surface area contributed by atoms with E-state index in [-0.39, 0.29) is 23.9 Å². The van der Waals surface area contributed by atoms with Crippen molar-refractivity contribution in [2.45, 2.75) is 59.0 Å². The first-order valence-corrected chi connectivity index (χ1v) is 9.20. The predicted molar refractivity (Wildman–Crippen MR) is 101 cm³/mol. The highest BCUT2D eigenvalue weighted by atomic mass is 16.2. The summed E-state index contributed by atoms with van der Waals surface area (Å²) in [6.45, 7) is 8.10. The molecule has 1 N–H and O–H groups in total. The van der Waals surface area contributed by atoms with Gasteiger partial charge in [-0.3, -0.25) is 14.6 Å². The van der Waals surface area contributed by atoms with Gasteiger partial charge < -0.3 is 9.88 Å². The number of carbonyl (C=O) groups excluding carboxylic acids is 1. The molecular weight excluding hydrogens is 328 g/mol. The van der Waals surface area contributed by atoms with E-state index in [2.05, 4.69) is 35.7 Å². The van der Waals surface area contributed by atoms with Crippen molar-refractivity contribution in [1.82, 2.24) is 19.9 Å². The molecule has 0 spiro atoms. The summed E-state index contributed by atoms with van der Waals surface area (Å²) in [5, 5.41) is 0. The van der Waals surface area contributed by atoms with Crippen molar-refractivity contribution in [2.75, 3.05) is 0 Å². The smallest absolute Gasteiger partial charge is 0.255 e. The average molecular weight is 354 g/mol. The van der Waals surface area contributed by atoms with E-state index in [1.54, 1.807) is 19.2 Å². The SMILES string of the molecule is Cc1nc(-c2ccccn2)[nH]c(=O)c1CC(=O)N(C1CC1)[C@@H](C)C(C)C. The van der Waals surface area contributed by atoms with Gasteiger partial charge in [-0.25, -0.2) is 4.98 Å². The Morgan fingerprint density at radius 2 is 2.04 bits per heavy atom. The molecule has 26 heavy (non-hydrogen) atoms. The topological polar surface area (TPSA) is 79.0 Å². The molecule has 0 bridgehead atoms. The molecule has 6 heteroatoms. The maximum Gasteiger partial charge on any atom is 0.255 e. The first-order valence-electron chi connectivity index (χ1n) is 9.20. The van der Waals surface area contributed by atoms with Crippen LogP contribution in [0, 0.1) is 12.8 Å². The maximum atomic E-state index is 12.9. The van der Waals surface area contributed by atoms with E-state index in [9.17, 15) is 9.59 Å². The third-order valence-corrected chi connectivity index (χ3v) is 5.09. The molecule has 0 aromatic carbocycles. The summed E-state index contributed by atoms with van der Waals surface area (Å²) in [5.74, 6) is 0.817. The number of nitrogens with one attached hydrogen (secondary N) is 1. The number of pyridine rings is 1. The minimum absolute atomic E-state index is 0.00897. The van der Waals surface area contributed by atoms with Crippen molar-refractivity contribution in [1.29, 1.82) is 0 Å². The minimum Gasteiger partial charge on any atom is -0.336 e. The number of amides is 1. The number of aryl methyl sites for hydroxylation is 1. The van der Waals surface area contributed by atoms with Crippen LogP contribution in [-0.2, 0) is 11.2 Å². The molecule has 6 nitrogen and oxygen atoms in total. The predicted octanol–water partition coefficient (Wildman–Crippen LogP) is 2.72. The average Bonchev–Trinajstić information content (AvgIpc) is 3.43. The standard InChI is InChI=1S/C20H26N4O2/c1-12(2)14(4)24(15-8-9-15)18(25)11-16-13(3)22-19(23-20(16)26)17-7-5-6-10-21-17/h5-7,10,12,14-15H,8-9,11H2,1-4H3,(H,22,23,26)/t14-/m0/s1. The molecule has 1 fully saturated rings. The maximum absolute atomic E-state index is 12.9. The first kappa shape index (κ1) is 18.3. The van der Waals surface area contributed by atoms with Crippen LogP contribution in [0.3, 0.4) is 0 Å². The molecule has 2 aromatic rings. The summed E-state index contributed by atoms with van der Waals surface area (Å²) in [7, 11) is 0. The molecule has 0 saturated heterocycles. The fraction of sp³-hybridized carbons (Fsp3) is 0.500. The van der Waals surface area contributed by atoms with E-state index in [0.29, 0.717) is 34.7 Å². The molecule has 3 rings (SSSR count). The van der Waals surface area contributed by atoms with Crippen LogP contribution in [0.5, 0.6) is 0 Å². The van der Waals surface area contributed by atoms with Crippen molar-refractivity contribution in [3.05, 3.63) is 46.0 Å². The van der Waals surface area contributed by atoms with E-state index in [1.807, 2.05) is 17.0 Å². The molecule has 0 unspecified atom stereocenters. The van der Waals surface area contributed by atoms with E-state index < -0.39 is 0 Å². The highest BCUT2D eigenvalue weighted by Crippen LogP contribution is 2.31. The van der Waals surface area contributed by atoms with Crippen LogP contribution in [0.15, 0.2) is 29.2 Å². The van der Waals surface area contributed by atoms with Crippen LogP contribution in [0.2, 0.25) is 0 Å². The molecule has 1 atom stereocenters. The number of aromatic nitrogens is 3. The van der Waals surface area contributed by atoms with Crippen molar-refractivity contribution >= 4 is 5.91 Å². The van der Waals surface area contributed by atoms with Crippen LogP contribution in [-0.4, -0.2) is 37.8 Å². The second-order valence-corrected chi connectivity index (χ2v) is 7.39. The third kappa shape index (κ3) is 3.84. The Morgan fingerprint density at radius 1 is 1.31 bits per heavy atom. The molecular formula is C20H26N4O2. The summed E-state index contributed by atoms with van der Waals surface area (Å²) >= 11 is 0. The van der Waals surface area contributed by atoms with E-state index in [0.717, 1.165) is 12.8 Å². The zero-order valence-electron chi connectivity index (χ0n) is 15.8. The number of rotatable bonds is 6. The molecule has 2 heterocycles. The highest BCUT2D eigenvalue weighted by Gasteiger charge is 2.36. The number of carbonyl (C=O) groups is 1. The van der Waals surface area contributed by atoms with Gasteiger partial charge >= 0.3 is 0 Å². The van der Waals surface area contributed by atoms with Gasteiger partial charge in [-0.1, -0.05) is 19.9 Å². The van der Waals surface area contributed by atoms with Crippen molar-refractivity contribution in [2.24, 2.45) is 5.92 Å². The molecule has 2 aromatic heterocycles. The van der Waals surface area contributed by atoms with Gasteiger partial charge in [-0.2, -0.15) is 0 Å². The Labute approximate surface area is 153 Å². The monoisotopic (exact) mass is 354 g/mol. The lowest BCUT2D eigenvalue weighted by molar-refractivity contribution is -0.134. The molecule has 1 aliphatic rings. The lowest BCUT2D eigenvalue weighted by atomic mass is 10.0. The van der Waals surface area contributed by atoms with Crippen LogP contribution in [0.1, 0.15) is 44.9 Å². The van der Waals surface area contributed by atoms with Crippen molar-refractivity contribution in [3.8, 4) is 11.5 Å². The zero-order chi connectivity index (χ0) is 18.8.